The van der Waals surface area contributed by atoms with Crippen LogP contribution in [0.5, 0.6) is 5.75 Å². The largest absolute Gasteiger partial charge is 0.492 e. The van der Waals surface area contributed by atoms with E-state index in [2.05, 4.69) is 11.9 Å². The molecule has 1 heterocycles. The van der Waals surface area contributed by atoms with Gasteiger partial charge in [0.2, 0.25) is 0 Å². The smallest absolute Gasteiger partial charge is 0.137 e. The van der Waals surface area contributed by atoms with Crippen molar-refractivity contribution in [1.29, 1.82) is 0 Å². The summed E-state index contributed by atoms with van der Waals surface area (Å²) in [5.41, 5.74) is 0.838. The van der Waals surface area contributed by atoms with E-state index in [1.165, 1.54) is 0 Å². The van der Waals surface area contributed by atoms with Crippen LogP contribution in [0.2, 0.25) is 0 Å². The summed E-state index contributed by atoms with van der Waals surface area (Å²) in [6.07, 6.45) is 5.64. The summed E-state index contributed by atoms with van der Waals surface area (Å²) < 4.78 is 5.45. The van der Waals surface area contributed by atoms with Gasteiger partial charge in [-0.2, -0.15) is 0 Å². The highest BCUT2D eigenvalue weighted by Gasteiger charge is 2.07. The third-order valence-electron chi connectivity index (χ3n) is 2.15. The molecular formula is C12H19NO2. The van der Waals surface area contributed by atoms with Crippen LogP contribution in [0.15, 0.2) is 18.5 Å². The molecule has 1 unspecified atom stereocenters. The van der Waals surface area contributed by atoms with Crippen LogP contribution in [0.1, 0.15) is 44.8 Å². The zero-order valence-corrected chi connectivity index (χ0v) is 9.44. The Hall–Kier alpha value is -1.09. The molecule has 0 spiro atoms. The van der Waals surface area contributed by atoms with Gasteiger partial charge in [-0.3, -0.25) is 4.98 Å². The molecule has 0 saturated carbocycles. The maximum absolute atomic E-state index is 9.77. The van der Waals surface area contributed by atoms with Crippen molar-refractivity contribution in [3.8, 4) is 5.75 Å². The molecule has 15 heavy (non-hydrogen) atoms. The third kappa shape index (κ3) is 3.88. The number of rotatable bonds is 6. The molecule has 1 rings (SSSR count). The van der Waals surface area contributed by atoms with E-state index in [4.69, 9.17) is 4.74 Å². The minimum atomic E-state index is -0.423. The van der Waals surface area contributed by atoms with Gasteiger partial charge in [0, 0.05) is 11.8 Å². The van der Waals surface area contributed by atoms with Gasteiger partial charge in [0.15, 0.2) is 0 Å². The van der Waals surface area contributed by atoms with Gasteiger partial charge in [-0.25, -0.2) is 0 Å². The molecule has 1 aromatic rings. The summed E-state index contributed by atoms with van der Waals surface area (Å²) in [5, 5.41) is 9.77. The van der Waals surface area contributed by atoms with Crippen molar-refractivity contribution >= 4 is 0 Å². The van der Waals surface area contributed by atoms with Crippen molar-refractivity contribution in [2.24, 2.45) is 0 Å². The summed E-state index contributed by atoms with van der Waals surface area (Å²) in [6.45, 7) is 4.80. The Bertz CT molecular complexity index is 289. The molecule has 1 atom stereocenters. The van der Waals surface area contributed by atoms with Gasteiger partial charge in [0.05, 0.1) is 18.9 Å². The lowest BCUT2D eigenvalue weighted by Gasteiger charge is -2.10. The fourth-order valence-electron chi connectivity index (χ4n) is 1.36. The molecule has 0 aromatic carbocycles. The van der Waals surface area contributed by atoms with Crippen LogP contribution in [0, 0.1) is 0 Å². The first-order valence-electron chi connectivity index (χ1n) is 5.53. The fourth-order valence-corrected chi connectivity index (χ4v) is 1.36. The predicted molar refractivity (Wildman–Crippen MR) is 59.9 cm³/mol. The van der Waals surface area contributed by atoms with Crippen LogP contribution in [0.3, 0.4) is 0 Å². The van der Waals surface area contributed by atoms with Crippen molar-refractivity contribution in [2.45, 2.75) is 39.2 Å². The minimum absolute atomic E-state index is 0.423. The second kappa shape index (κ2) is 6.40. The number of nitrogens with zero attached hydrogens (tertiary/aromatic N) is 1. The zero-order valence-electron chi connectivity index (χ0n) is 9.44. The normalized spacial score (nSPS) is 12.5. The Morgan fingerprint density at radius 3 is 2.80 bits per heavy atom. The molecule has 0 bridgehead atoms. The van der Waals surface area contributed by atoms with E-state index in [1.54, 1.807) is 12.4 Å². The van der Waals surface area contributed by atoms with Crippen molar-refractivity contribution < 1.29 is 9.84 Å². The molecule has 1 aromatic heterocycles. The summed E-state index contributed by atoms with van der Waals surface area (Å²) in [6, 6.07) is 1.86. The van der Waals surface area contributed by atoms with Gasteiger partial charge in [0.1, 0.15) is 5.75 Å². The van der Waals surface area contributed by atoms with E-state index in [1.807, 2.05) is 13.0 Å². The van der Waals surface area contributed by atoms with E-state index in [-0.39, 0.29) is 0 Å². The molecule has 3 nitrogen and oxygen atoms in total. The highest BCUT2D eigenvalue weighted by molar-refractivity contribution is 5.25. The quantitative estimate of drug-likeness (QED) is 0.783. The Labute approximate surface area is 91.1 Å². The Morgan fingerprint density at radius 1 is 1.33 bits per heavy atom. The average Bonchev–Trinajstić information content (AvgIpc) is 2.27. The molecule has 0 radical (unpaired) electrons. The number of hydrogen-bond acceptors (Lipinski definition) is 3. The molecule has 84 valence electrons. The summed E-state index contributed by atoms with van der Waals surface area (Å²) in [5.74, 6) is 0.740. The van der Waals surface area contributed by atoms with Crippen molar-refractivity contribution in [3.63, 3.8) is 0 Å². The van der Waals surface area contributed by atoms with Crippen LogP contribution in [0.4, 0.5) is 0 Å². The minimum Gasteiger partial charge on any atom is -0.492 e. The first-order chi connectivity index (χ1) is 7.27. The number of hydrogen-bond donors (Lipinski definition) is 1. The van der Waals surface area contributed by atoms with Crippen molar-refractivity contribution in [2.75, 3.05) is 6.61 Å². The first-order valence-corrected chi connectivity index (χ1v) is 5.53. The predicted octanol–water partition coefficient (Wildman–Crippen LogP) is 2.70. The number of aliphatic hydroxyl groups is 1. The van der Waals surface area contributed by atoms with Crippen molar-refractivity contribution in [1.82, 2.24) is 4.98 Å². The van der Waals surface area contributed by atoms with Crippen LogP contribution in [-0.2, 0) is 0 Å². The second-order valence-corrected chi connectivity index (χ2v) is 3.61. The topological polar surface area (TPSA) is 42.4 Å². The van der Waals surface area contributed by atoms with E-state index in [0.29, 0.717) is 6.61 Å². The van der Waals surface area contributed by atoms with Crippen molar-refractivity contribution in [3.05, 3.63) is 24.0 Å². The molecular weight excluding hydrogens is 190 g/mol. The standard InChI is InChI=1S/C12H19NO2/c1-3-5-12(14)10-7-11(9-13-8-10)15-6-4-2/h7-9,12,14H,3-6H2,1-2H3. The molecule has 0 aliphatic heterocycles. The van der Waals surface area contributed by atoms with Crippen LogP contribution in [-0.4, -0.2) is 16.7 Å². The number of aromatic nitrogens is 1. The first kappa shape index (κ1) is 12.0. The SMILES string of the molecule is CCCOc1cncc(C(O)CCC)c1. The van der Waals surface area contributed by atoms with Crippen LogP contribution in [0.25, 0.3) is 0 Å². The highest BCUT2D eigenvalue weighted by atomic mass is 16.5. The molecule has 0 aliphatic rings. The van der Waals surface area contributed by atoms with Crippen LogP contribution < -0.4 is 4.74 Å². The summed E-state index contributed by atoms with van der Waals surface area (Å²) >= 11 is 0. The molecule has 0 aliphatic carbocycles. The van der Waals surface area contributed by atoms with E-state index >= 15 is 0 Å². The number of ether oxygens (including phenoxy) is 1. The maximum atomic E-state index is 9.77. The van der Waals surface area contributed by atoms with E-state index < -0.39 is 6.10 Å². The lowest BCUT2D eigenvalue weighted by Crippen LogP contribution is -2.00. The average molecular weight is 209 g/mol. The number of pyridine rings is 1. The molecule has 1 N–H and O–H groups in total. The Kier molecular flexibility index (Phi) is 5.12. The van der Waals surface area contributed by atoms with Gasteiger partial charge >= 0.3 is 0 Å². The molecule has 3 heteroatoms. The third-order valence-corrected chi connectivity index (χ3v) is 2.15. The number of aliphatic hydroxyl groups excluding tert-OH is 1. The van der Waals surface area contributed by atoms with Gasteiger partial charge in [0.25, 0.3) is 0 Å². The monoisotopic (exact) mass is 209 g/mol. The zero-order chi connectivity index (χ0) is 11.1. The summed E-state index contributed by atoms with van der Waals surface area (Å²) in [4.78, 5) is 4.06. The molecule has 0 fully saturated rings. The molecule has 0 saturated heterocycles. The van der Waals surface area contributed by atoms with E-state index in [0.717, 1.165) is 30.6 Å². The van der Waals surface area contributed by atoms with Gasteiger partial charge < -0.3 is 9.84 Å². The van der Waals surface area contributed by atoms with Gasteiger partial charge in [-0.15, -0.1) is 0 Å². The van der Waals surface area contributed by atoms with Gasteiger partial charge in [-0.05, 0) is 18.9 Å². The molecule has 0 amide bonds. The Morgan fingerprint density at radius 2 is 2.13 bits per heavy atom. The maximum Gasteiger partial charge on any atom is 0.137 e. The highest BCUT2D eigenvalue weighted by Crippen LogP contribution is 2.21. The summed E-state index contributed by atoms with van der Waals surface area (Å²) in [7, 11) is 0. The van der Waals surface area contributed by atoms with Gasteiger partial charge in [-0.1, -0.05) is 20.3 Å². The Balaban J connectivity index is 2.64. The lowest BCUT2D eigenvalue weighted by molar-refractivity contribution is 0.165. The fraction of sp³-hybridized carbons (Fsp3) is 0.583. The lowest BCUT2D eigenvalue weighted by atomic mass is 10.1. The van der Waals surface area contributed by atoms with Crippen LogP contribution >= 0.6 is 0 Å². The van der Waals surface area contributed by atoms with E-state index in [9.17, 15) is 5.11 Å². The second-order valence-electron chi connectivity index (χ2n) is 3.61.